The molecule has 0 unspecified atom stereocenters. The van der Waals surface area contributed by atoms with Gasteiger partial charge in [0.15, 0.2) is 23.2 Å². The van der Waals surface area contributed by atoms with Gasteiger partial charge in [0, 0.05) is 6.54 Å². The van der Waals surface area contributed by atoms with Gasteiger partial charge in [0.25, 0.3) is 0 Å². The van der Waals surface area contributed by atoms with Crippen LogP contribution < -0.4 is 16.4 Å². The predicted octanol–water partition coefficient (Wildman–Crippen LogP) is 3.24. The number of nitrogens with zero attached hydrogens (tertiary/aromatic N) is 2. The van der Waals surface area contributed by atoms with E-state index in [0.29, 0.717) is 24.0 Å². The Morgan fingerprint density at radius 3 is 2.74 bits per heavy atom. The zero-order valence-corrected chi connectivity index (χ0v) is 12.9. The first-order chi connectivity index (χ1) is 10.9. The Balaban J connectivity index is 2.16. The van der Waals surface area contributed by atoms with Crippen LogP contribution in [0.5, 0.6) is 5.75 Å². The SMILES string of the molecule is CC(C)CCNc1nc(Nc2ccc(F)c(O)c2F)ncc1N. The summed E-state index contributed by atoms with van der Waals surface area (Å²) in [5.41, 5.74) is 6.02. The van der Waals surface area contributed by atoms with Gasteiger partial charge >= 0.3 is 0 Å². The molecule has 0 radical (unpaired) electrons. The third-order valence-electron chi connectivity index (χ3n) is 3.14. The van der Waals surface area contributed by atoms with Crippen molar-refractivity contribution >= 4 is 23.1 Å². The Hall–Kier alpha value is -2.64. The summed E-state index contributed by atoms with van der Waals surface area (Å²) >= 11 is 0. The molecule has 8 heteroatoms. The molecule has 0 bridgehead atoms. The van der Waals surface area contributed by atoms with E-state index in [0.717, 1.165) is 18.6 Å². The van der Waals surface area contributed by atoms with Gasteiger partial charge in [-0.05, 0) is 24.5 Å². The average Bonchev–Trinajstić information content (AvgIpc) is 2.50. The van der Waals surface area contributed by atoms with Crippen molar-refractivity contribution in [1.82, 2.24) is 9.97 Å². The molecule has 0 saturated heterocycles. The summed E-state index contributed by atoms with van der Waals surface area (Å²) in [7, 11) is 0. The highest BCUT2D eigenvalue weighted by Crippen LogP contribution is 2.28. The van der Waals surface area contributed by atoms with E-state index in [1.165, 1.54) is 6.20 Å². The number of nitrogen functional groups attached to an aromatic ring is 1. The summed E-state index contributed by atoms with van der Waals surface area (Å²) in [6, 6.07) is 2.09. The summed E-state index contributed by atoms with van der Waals surface area (Å²) < 4.78 is 26.8. The van der Waals surface area contributed by atoms with Crippen molar-refractivity contribution in [2.75, 3.05) is 22.9 Å². The van der Waals surface area contributed by atoms with Gasteiger partial charge in [-0.15, -0.1) is 0 Å². The lowest BCUT2D eigenvalue weighted by molar-refractivity contribution is 0.397. The fourth-order valence-electron chi connectivity index (χ4n) is 1.83. The molecule has 2 rings (SSSR count). The minimum Gasteiger partial charge on any atom is -0.503 e. The summed E-state index contributed by atoms with van der Waals surface area (Å²) in [4.78, 5) is 8.10. The van der Waals surface area contributed by atoms with Crippen molar-refractivity contribution in [1.29, 1.82) is 0 Å². The highest BCUT2D eigenvalue weighted by molar-refractivity contribution is 5.64. The molecule has 0 aliphatic carbocycles. The third-order valence-corrected chi connectivity index (χ3v) is 3.14. The number of nitrogens with one attached hydrogen (secondary N) is 2. The molecule has 0 spiro atoms. The number of benzene rings is 1. The first-order valence-electron chi connectivity index (χ1n) is 7.19. The van der Waals surface area contributed by atoms with Crippen LogP contribution in [0.15, 0.2) is 18.3 Å². The second-order valence-corrected chi connectivity index (χ2v) is 5.49. The Morgan fingerprint density at radius 2 is 2.04 bits per heavy atom. The van der Waals surface area contributed by atoms with Crippen molar-refractivity contribution in [2.24, 2.45) is 5.92 Å². The van der Waals surface area contributed by atoms with Crippen LogP contribution in [0.25, 0.3) is 0 Å². The van der Waals surface area contributed by atoms with Crippen LogP contribution in [0.1, 0.15) is 20.3 Å². The maximum atomic E-state index is 13.8. The van der Waals surface area contributed by atoms with E-state index in [1.54, 1.807) is 0 Å². The number of hydrogen-bond donors (Lipinski definition) is 4. The van der Waals surface area contributed by atoms with Crippen LogP contribution >= 0.6 is 0 Å². The van der Waals surface area contributed by atoms with E-state index in [-0.39, 0.29) is 11.6 Å². The number of hydrogen-bond acceptors (Lipinski definition) is 6. The minimum atomic E-state index is -1.11. The van der Waals surface area contributed by atoms with Crippen LogP contribution in [0, 0.1) is 17.6 Å². The Bertz CT molecular complexity index is 694. The zero-order valence-electron chi connectivity index (χ0n) is 12.9. The summed E-state index contributed by atoms with van der Waals surface area (Å²) in [6.07, 6.45) is 2.32. The number of anilines is 4. The van der Waals surface area contributed by atoms with Crippen molar-refractivity contribution < 1.29 is 13.9 Å². The normalized spacial score (nSPS) is 10.8. The van der Waals surface area contributed by atoms with Crippen LogP contribution in [-0.2, 0) is 0 Å². The van der Waals surface area contributed by atoms with E-state index in [9.17, 15) is 13.9 Å². The molecule has 0 amide bonds. The lowest BCUT2D eigenvalue weighted by atomic mass is 10.1. The highest BCUT2D eigenvalue weighted by Gasteiger charge is 2.14. The number of aromatic nitrogens is 2. The molecule has 2 aromatic rings. The smallest absolute Gasteiger partial charge is 0.229 e. The first-order valence-corrected chi connectivity index (χ1v) is 7.19. The molecule has 1 aromatic carbocycles. The third kappa shape index (κ3) is 4.18. The van der Waals surface area contributed by atoms with Crippen molar-refractivity contribution in [3.8, 4) is 5.75 Å². The first kappa shape index (κ1) is 16.7. The molecule has 0 saturated carbocycles. The summed E-state index contributed by atoms with van der Waals surface area (Å²) in [5, 5.41) is 14.9. The lowest BCUT2D eigenvalue weighted by Gasteiger charge is -2.12. The fourth-order valence-corrected chi connectivity index (χ4v) is 1.83. The topological polar surface area (TPSA) is 96.1 Å². The van der Waals surface area contributed by atoms with Gasteiger partial charge in [0.05, 0.1) is 17.6 Å². The molecule has 6 nitrogen and oxygen atoms in total. The van der Waals surface area contributed by atoms with Gasteiger partial charge in [-0.2, -0.15) is 4.98 Å². The summed E-state index contributed by atoms with van der Waals surface area (Å²) in [6.45, 7) is 4.88. The number of halogens is 2. The molecular weight excluding hydrogens is 304 g/mol. The molecular formula is C15H19F2N5O. The van der Waals surface area contributed by atoms with Crippen LogP contribution in [0.4, 0.5) is 31.9 Å². The predicted molar refractivity (Wildman–Crippen MR) is 85.7 cm³/mol. The number of phenols is 1. The molecule has 124 valence electrons. The van der Waals surface area contributed by atoms with Crippen LogP contribution in [0.3, 0.4) is 0 Å². The maximum Gasteiger partial charge on any atom is 0.229 e. The van der Waals surface area contributed by atoms with E-state index in [4.69, 9.17) is 5.73 Å². The van der Waals surface area contributed by atoms with Crippen LogP contribution in [0.2, 0.25) is 0 Å². The fraction of sp³-hybridized carbons (Fsp3) is 0.333. The standard InChI is InChI=1S/C15H19F2N5O/c1-8(2)5-6-19-14-10(18)7-20-15(22-14)21-11-4-3-9(16)13(23)12(11)17/h3-4,7-8,23H,5-6,18H2,1-2H3,(H2,19,20,21,22). The Morgan fingerprint density at radius 1 is 1.30 bits per heavy atom. The van der Waals surface area contributed by atoms with Gasteiger partial charge in [-0.3, -0.25) is 0 Å². The van der Waals surface area contributed by atoms with E-state index in [1.807, 2.05) is 0 Å². The second-order valence-electron chi connectivity index (χ2n) is 5.49. The number of rotatable bonds is 6. The van der Waals surface area contributed by atoms with E-state index in [2.05, 4.69) is 34.4 Å². The monoisotopic (exact) mass is 323 g/mol. The van der Waals surface area contributed by atoms with Crippen molar-refractivity contribution in [2.45, 2.75) is 20.3 Å². The van der Waals surface area contributed by atoms with Gasteiger partial charge in [-0.25, -0.2) is 13.8 Å². The molecule has 1 heterocycles. The van der Waals surface area contributed by atoms with E-state index >= 15 is 0 Å². The molecule has 23 heavy (non-hydrogen) atoms. The van der Waals surface area contributed by atoms with Gasteiger partial charge in [-0.1, -0.05) is 13.8 Å². The number of nitrogens with two attached hydrogens (primary N) is 1. The second kappa shape index (κ2) is 7.08. The molecule has 0 atom stereocenters. The van der Waals surface area contributed by atoms with Crippen molar-refractivity contribution in [3.63, 3.8) is 0 Å². The molecule has 1 aromatic heterocycles. The highest BCUT2D eigenvalue weighted by atomic mass is 19.1. The lowest BCUT2D eigenvalue weighted by Crippen LogP contribution is -2.10. The quantitative estimate of drug-likeness (QED) is 0.652. The summed E-state index contributed by atoms with van der Waals surface area (Å²) in [5.74, 6) is -2.17. The zero-order chi connectivity index (χ0) is 17.0. The molecule has 0 aliphatic heterocycles. The van der Waals surface area contributed by atoms with Gasteiger partial charge in [0.1, 0.15) is 0 Å². The minimum absolute atomic E-state index is 0.0798. The maximum absolute atomic E-state index is 13.8. The Kier molecular flexibility index (Phi) is 5.15. The van der Waals surface area contributed by atoms with Gasteiger partial charge in [0.2, 0.25) is 5.95 Å². The Labute approximate surface area is 132 Å². The molecule has 0 fully saturated rings. The molecule has 5 N–H and O–H groups in total. The van der Waals surface area contributed by atoms with Gasteiger partial charge < -0.3 is 21.5 Å². The van der Waals surface area contributed by atoms with Crippen LogP contribution in [-0.4, -0.2) is 21.6 Å². The number of phenolic OH excluding ortho intramolecular Hbond substituents is 1. The average molecular weight is 323 g/mol. The molecule has 0 aliphatic rings. The van der Waals surface area contributed by atoms with Crippen molar-refractivity contribution in [3.05, 3.63) is 30.0 Å². The number of aromatic hydroxyl groups is 1. The largest absolute Gasteiger partial charge is 0.503 e. The van der Waals surface area contributed by atoms with E-state index < -0.39 is 17.4 Å².